The van der Waals surface area contributed by atoms with Crippen LogP contribution in [-0.2, 0) is 0 Å². The van der Waals surface area contributed by atoms with Gasteiger partial charge < -0.3 is 10.1 Å². The predicted molar refractivity (Wildman–Crippen MR) is 74.4 cm³/mol. The maximum atomic E-state index is 5.25. The first-order valence-corrected chi connectivity index (χ1v) is 6.93. The largest absolute Gasteiger partial charge is 0.497 e. The van der Waals surface area contributed by atoms with E-state index >= 15 is 0 Å². The lowest BCUT2D eigenvalue weighted by Crippen LogP contribution is -2.33. The minimum Gasteiger partial charge on any atom is -0.497 e. The van der Waals surface area contributed by atoms with Gasteiger partial charge in [-0.25, -0.2) is 0 Å². The molecule has 1 aromatic carbocycles. The average Bonchev–Trinajstić information content (AvgIpc) is 2.96. The fourth-order valence-electron chi connectivity index (χ4n) is 3.38. The Labute approximate surface area is 109 Å². The van der Waals surface area contributed by atoms with Crippen LogP contribution >= 0.6 is 0 Å². The summed E-state index contributed by atoms with van der Waals surface area (Å²) in [4.78, 5) is 2.64. The number of nitrogens with one attached hydrogen (secondary N) is 1. The molecule has 2 atom stereocenters. The third kappa shape index (κ3) is 2.07. The number of hydrogen-bond acceptors (Lipinski definition) is 3. The molecule has 0 saturated carbocycles. The van der Waals surface area contributed by atoms with E-state index in [-0.39, 0.29) is 0 Å². The van der Waals surface area contributed by atoms with Gasteiger partial charge in [0.15, 0.2) is 0 Å². The van der Waals surface area contributed by atoms with Gasteiger partial charge in [0.1, 0.15) is 5.75 Å². The Bertz CT molecular complexity index is 433. The highest BCUT2D eigenvalue weighted by Crippen LogP contribution is 2.31. The second-order valence-corrected chi connectivity index (χ2v) is 5.47. The maximum absolute atomic E-state index is 5.25. The Morgan fingerprint density at radius 1 is 1.28 bits per heavy atom. The molecular formula is C15H22N2O. The molecule has 3 heteroatoms. The Hall–Kier alpha value is -1.22. The number of aryl methyl sites for hydroxylation is 1. The smallest absolute Gasteiger partial charge is 0.119 e. The summed E-state index contributed by atoms with van der Waals surface area (Å²) in [5.74, 6) is 0.937. The zero-order valence-corrected chi connectivity index (χ0v) is 11.3. The van der Waals surface area contributed by atoms with E-state index < -0.39 is 0 Å². The van der Waals surface area contributed by atoms with E-state index in [2.05, 4.69) is 29.3 Å². The molecule has 18 heavy (non-hydrogen) atoms. The zero-order valence-electron chi connectivity index (χ0n) is 11.3. The van der Waals surface area contributed by atoms with Crippen molar-refractivity contribution in [3.63, 3.8) is 0 Å². The molecule has 2 aliphatic heterocycles. The minimum atomic E-state index is 0.625. The van der Waals surface area contributed by atoms with E-state index in [0.717, 1.165) is 11.8 Å². The van der Waals surface area contributed by atoms with Crippen molar-refractivity contribution in [2.45, 2.75) is 38.3 Å². The normalized spacial score (nSPS) is 27.2. The van der Waals surface area contributed by atoms with Crippen LogP contribution in [0.5, 0.6) is 5.75 Å². The second kappa shape index (κ2) is 4.81. The van der Waals surface area contributed by atoms with Crippen LogP contribution in [0.3, 0.4) is 0 Å². The topological polar surface area (TPSA) is 24.5 Å². The maximum Gasteiger partial charge on any atom is 0.119 e. The Morgan fingerprint density at radius 3 is 2.94 bits per heavy atom. The summed E-state index contributed by atoms with van der Waals surface area (Å²) in [6.45, 7) is 4.70. The van der Waals surface area contributed by atoms with Crippen molar-refractivity contribution in [1.29, 1.82) is 0 Å². The molecule has 98 valence electrons. The van der Waals surface area contributed by atoms with Crippen LogP contribution in [-0.4, -0.2) is 37.2 Å². The highest BCUT2D eigenvalue weighted by molar-refractivity contribution is 5.54. The number of hydrogen-bond donors (Lipinski definition) is 1. The molecule has 0 aliphatic carbocycles. The van der Waals surface area contributed by atoms with Gasteiger partial charge in [0.2, 0.25) is 0 Å². The van der Waals surface area contributed by atoms with Gasteiger partial charge in [0.05, 0.1) is 7.11 Å². The highest BCUT2D eigenvalue weighted by Gasteiger charge is 2.37. The SMILES string of the molecule is COc1ccc(NC2CCN3CCCC23)c(C)c1. The summed E-state index contributed by atoms with van der Waals surface area (Å²) in [5.41, 5.74) is 2.53. The molecule has 3 nitrogen and oxygen atoms in total. The van der Waals surface area contributed by atoms with E-state index in [1.165, 1.54) is 43.6 Å². The molecule has 0 radical (unpaired) electrons. The van der Waals surface area contributed by atoms with Crippen molar-refractivity contribution >= 4 is 5.69 Å². The van der Waals surface area contributed by atoms with E-state index in [9.17, 15) is 0 Å². The number of anilines is 1. The summed E-state index contributed by atoms with van der Waals surface area (Å²) in [7, 11) is 1.72. The quantitative estimate of drug-likeness (QED) is 0.887. The van der Waals surface area contributed by atoms with E-state index in [4.69, 9.17) is 4.74 Å². The van der Waals surface area contributed by atoms with E-state index in [1.807, 2.05) is 6.07 Å². The number of rotatable bonds is 3. The van der Waals surface area contributed by atoms with Crippen LogP contribution < -0.4 is 10.1 Å². The van der Waals surface area contributed by atoms with Crippen molar-refractivity contribution < 1.29 is 4.74 Å². The Kier molecular flexibility index (Phi) is 3.16. The van der Waals surface area contributed by atoms with Gasteiger partial charge in [0, 0.05) is 24.3 Å². The van der Waals surface area contributed by atoms with Gasteiger partial charge in [-0.1, -0.05) is 0 Å². The van der Waals surface area contributed by atoms with Crippen molar-refractivity contribution in [2.24, 2.45) is 0 Å². The molecule has 3 rings (SSSR count). The van der Waals surface area contributed by atoms with Gasteiger partial charge in [0.25, 0.3) is 0 Å². The molecule has 2 saturated heterocycles. The van der Waals surface area contributed by atoms with Gasteiger partial charge in [-0.3, -0.25) is 4.90 Å². The van der Waals surface area contributed by atoms with Crippen LogP contribution in [0, 0.1) is 6.92 Å². The summed E-state index contributed by atoms with van der Waals surface area (Å²) >= 11 is 0. The van der Waals surface area contributed by atoms with Crippen molar-refractivity contribution in [2.75, 3.05) is 25.5 Å². The molecule has 1 N–H and O–H groups in total. The highest BCUT2D eigenvalue weighted by atomic mass is 16.5. The zero-order chi connectivity index (χ0) is 12.5. The van der Waals surface area contributed by atoms with E-state index in [0.29, 0.717) is 6.04 Å². The average molecular weight is 246 g/mol. The van der Waals surface area contributed by atoms with Crippen LogP contribution in [0.15, 0.2) is 18.2 Å². The number of nitrogens with zero attached hydrogens (tertiary/aromatic N) is 1. The standard InChI is InChI=1S/C15H22N2O/c1-11-10-12(18-2)5-6-13(11)16-14-7-9-17-8-3-4-15(14)17/h5-6,10,14-16H,3-4,7-9H2,1-2H3. The molecule has 0 amide bonds. The molecular weight excluding hydrogens is 224 g/mol. The summed E-state index contributed by atoms with van der Waals surface area (Å²) in [6, 6.07) is 7.66. The first-order chi connectivity index (χ1) is 8.78. The van der Waals surface area contributed by atoms with Crippen LogP contribution in [0.4, 0.5) is 5.69 Å². The lowest BCUT2D eigenvalue weighted by molar-refractivity contribution is 0.318. The van der Waals surface area contributed by atoms with Crippen molar-refractivity contribution in [3.05, 3.63) is 23.8 Å². The minimum absolute atomic E-state index is 0.625. The third-order valence-electron chi connectivity index (χ3n) is 4.38. The van der Waals surface area contributed by atoms with E-state index in [1.54, 1.807) is 7.11 Å². The molecule has 0 bridgehead atoms. The fraction of sp³-hybridized carbons (Fsp3) is 0.600. The molecule has 0 aromatic heterocycles. The van der Waals surface area contributed by atoms with Gasteiger partial charge in [-0.2, -0.15) is 0 Å². The first-order valence-electron chi connectivity index (χ1n) is 6.93. The van der Waals surface area contributed by atoms with Crippen molar-refractivity contribution in [1.82, 2.24) is 4.90 Å². The van der Waals surface area contributed by atoms with Crippen LogP contribution in [0.2, 0.25) is 0 Å². The van der Waals surface area contributed by atoms with Gasteiger partial charge in [-0.15, -0.1) is 0 Å². The predicted octanol–water partition coefficient (Wildman–Crippen LogP) is 2.65. The monoisotopic (exact) mass is 246 g/mol. The van der Waals surface area contributed by atoms with Crippen molar-refractivity contribution in [3.8, 4) is 5.75 Å². The molecule has 2 fully saturated rings. The summed E-state index contributed by atoms with van der Waals surface area (Å²) < 4.78 is 5.25. The number of benzene rings is 1. The number of fused-ring (bicyclic) bond motifs is 1. The second-order valence-electron chi connectivity index (χ2n) is 5.47. The fourth-order valence-corrected chi connectivity index (χ4v) is 3.38. The molecule has 0 spiro atoms. The molecule has 2 unspecified atom stereocenters. The first kappa shape index (κ1) is 11.8. The lowest BCUT2D eigenvalue weighted by Gasteiger charge is -2.23. The lowest BCUT2D eigenvalue weighted by atomic mass is 10.1. The number of ether oxygens (including phenoxy) is 1. The van der Waals surface area contributed by atoms with Gasteiger partial charge >= 0.3 is 0 Å². The van der Waals surface area contributed by atoms with Gasteiger partial charge in [-0.05, 0) is 56.5 Å². The van der Waals surface area contributed by atoms with Crippen LogP contribution in [0.1, 0.15) is 24.8 Å². The Balaban J connectivity index is 1.72. The number of methoxy groups -OCH3 is 1. The molecule has 2 heterocycles. The Morgan fingerprint density at radius 2 is 2.17 bits per heavy atom. The molecule has 2 aliphatic rings. The van der Waals surface area contributed by atoms with Crippen LogP contribution in [0.25, 0.3) is 0 Å². The molecule has 1 aromatic rings. The summed E-state index contributed by atoms with van der Waals surface area (Å²) in [5, 5.41) is 3.73. The summed E-state index contributed by atoms with van der Waals surface area (Å²) in [6.07, 6.45) is 3.99. The third-order valence-corrected chi connectivity index (χ3v) is 4.38.